The maximum atomic E-state index is 16.3. The van der Waals surface area contributed by atoms with E-state index in [1.807, 2.05) is 19.1 Å². The number of carbonyl (C=O) groups excluding carboxylic acids is 3. The molecule has 20 atom stereocenters. The molecule has 0 amide bonds. The Morgan fingerprint density at radius 3 is 2.64 bits per heavy atom. The molecule has 13 heteroatoms. The number of carbonyl (C=O) groups is 3. The van der Waals surface area contributed by atoms with Crippen LogP contribution in [0, 0.1) is 87.3 Å². The van der Waals surface area contributed by atoms with Gasteiger partial charge in [-0.2, -0.15) is 0 Å². The molecule has 9 fully saturated rings. The van der Waals surface area contributed by atoms with Crippen molar-refractivity contribution in [2.75, 3.05) is 26.4 Å². The van der Waals surface area contributed by atoms with Gasteiger partial charge in [-0.15, -0.1) is 0 Å². The Labute approximate surface area is 429 Å². The number of nitrogens with zero attached hydrogens (tertiary/aromatic N) is 1. The van der Waals surface area contributed by atoms with Crippen molar-refractivity contribution in [3.63, 3.8) is 0 Å². The minimum atomic E-state index is -1.55. The van der Waals surface area contributed by atoms with E-state index < -0.39 is 81.9 Å². The van der Waals surface area contributed by atoms with Crippen LogP contribution in [-0.4, -0.2) is 106 Å². The Kier molecular flexibility index (Phi) is 11.5. The van der Waals surface area contributed by atoms with Crippen LogP contribution in [0.25, 0.3) is 0 Å². The van der Waals surface area contributed by atoms with E-state index in [4.69, 9.17) is 23.4 Å². The molecule has 7 heterocycles. The molecule has 73 heavy (non-hydrogen) atoms. The largest absolute Gasteiger partial charge is 0.469 e. The van der Waals surface area contributed by atoms with Crippen LogP contribution in [0.5, 0.6) is 0 Å². The Morgan fingerprint density at radius 2 is 1.84 bits per heavy atom. The predicted molar refractivity (Wildman–Crippen MR) is 266 cm³/mol. The van der Waals surface area contributed by atoms with Crippen LogP contribution < -0.4 is 5.32 Å². The molecule has 4 N–H and O–H groups in total. The summed E-state index contributed by atoms with van der Waals surface area (Å²) in [5.41, 5.74) is -5.37. The Morgan fingerprint density at radius 1 is 1.00 bits per heavy atom. The van der Waals surface area contributed by atoms with E-state index in [1.165, 1.54) is 5.56 Å². The van der Waals surface area contributed by atoms with E-state index in [2.05, 4.69) is 79.4 Å². The second kappa shape index (κ2) is 17.2. The maximum absolute atomic E-state index is 16.3. The molecule has 11 aliphatic rings. The van der Waals surface area contributed by atoms with Crippen molar-refractivity contribution in [1.29, 1.82) is 0 Å². The van der Waals surface area contributed by atoms with Crippen molar-refractivity contribution in [1.82, 2.24) is 10.2 Å². The Hall–Kier alpha value is -4.03. The Balaban J connectivity index is 0.958. The van der Waals surface area contributed by atoms with E-state index in [9.17, 15) is 20.1 Å². The average Bonchev–Trinajstić information content (AvgIpc) is 3.73. The summed E-state index contributed by atoms with van der Waals surface area (Å²) in [6.45, 7) is 9.92. The van der Waals surface area contributed by atoms with Gasteiger partial charge in [0.1, 0.15) is 24.1 Å². The van der Waals surface area contributed by atoms with Crippen LogP contribution in [0.1, 0.15) is 122 Å². The number of benzene rings is 1. The van der Waals surface area contributed by atoms with Crippen LogP contribution in [0.15, 0.2) is 59.4 Å². The number of esters is 2. The molecule has 1 aromatic heterocycles. The van der Waals surface area contributed by atoms with E-state index in [-0.39, 0.29) is 60.8 Å². The first-order chi connectivity index (χ1) is 35.2. The summed E-state index contributed by atoms with van der Waals surface area (Å²) in [4.78, 5) is 47.7. The topological polar surface area (TPSA) is 181 Å². The number of Topliss-reactive ketones (excluding diaryl/α,β-unsaturated/α-hetero) is 1. The summed E-state index contributed by atoms with van der Waals surface area (Å²) >= 11 is 0. The van der Waals surface area contributed by atoms with Gasteiger partial charge >= 0.3 is 11.9 Å². The van der Waals surface area contributed by atoms with Crippen LogP contribution in [0.2, 0.25) is 0 Å². The zero-order valence-corrected chi connectivity index (χ0v) is 43.1. The molecule has 13 nitrogen and oxygen atoms in total. The minimum Gasteiger partial charge on any atom is -0.469 e. The highest BCUT2D eigenvalue weighted by Crippen LogP contribution is 2.84. The fourth-order valence-electron chi connectivity index (χ4n) is 19.3. The molecule has 5 aliphatic carbocycles. The molecule has 5 saturated heterocycles. The number of nitrogens with one attached hydrogen (secondary N) is 1. The lowest BCUT2D eigenvalue weighted by atomic mass is 9.31. The molecule has 13 rings (SSSR count). The molecule has 3 spiro atoms. The predicted octanol–water partition coefficient (Wildman–Crippen LogP) is 6.64. The monoisotopic (exact) mass is 1000 g/mol. The lowest BCUT2D eigenvalue weighted by Gasteiger charge is -2.71. The van der Waals surface area contributed by atoms with E-state index in [1.54, 1.807) is 6.26 Å². The van der Waals surface area contributed by atoms with Crippen molar-refractivity contribution in [2.45, 2.75) is 165 Å². The van der Waals surface area contributed by atoms with Gasteiger partial charge in [-0.05, 0) is 143 Å². The van der Waals surface area contributed by atoms with Gasteiger partial charge in [0.2, 0.25) is 0 Å². The fourth-order valence-corrected chi connectivity index (χ4v) is 19.3. The third-order valence-electron chi connectivity index (χ3n) is 22.4. The highest BCUT2D eigenvalue weighted by atomic mass is 16.7. The van der Waals surface area contributed by atoms with Crippen molar-refractivity contribution < 1.29 is 53.1 Å². The second-order valence-corrected chi connectivity index (χ2v) is 25.8. The van der Waals surface area contributed by atoms with Crippen LogP contribution in [-0.2, 0) is 51.8 Å². The van der Waals surface area contributed by atoms with Crippen molar-refractivity contribution in [3.05, 3.63) is 71.8 Å². The van der Waals surface area contributed by atoms with Crippen molar-refractivity contribution in [2.24, 2.45) is 75.4 Å². The van der Waals surface area contributed by atoms with E-state index >= 15 is 9.59 Å². The van der Waals surface area contributed by atoms with Gasteiger partial charge in [-0.25, -0.2) is 4.79 Å². The number of ether oxygens (including phenoxy) is 4. The third-order valence-corrected chi connectivity index (χ3v) is 22.4. The lowest BCUT2D eigenvalue weighted by Crippen LogP contribution is -2.81. The first kappa shape index (κ1) is 48.6. The number of rotatable bonds is 11. The molecule has 4 bridgehead atoms. The highest BCUT2D eigenvalue weighted by Gasteiger charge is 2.95. The molecular weight excluding hydrogens is 925 g/mol. The van der Waals surface area contributed by atoms with Gasteiger partial charge < -0.3 is 43.6 Å². The molecule has 20 unspecified atom stereocenters. The Bertz CT molecular complexity index is 2620. The summed E-state index contributed by atoms with van der Waals surface area (Å²) in [5, 5.41) is 40.1. The van der Waals surface area contributed by atoms with Gasteiger partial charge in [-0.3, -0.25) is 14.9 Å². The zero-order valence-electron chi connectivity index (χ0n) is 43.1. The minimum absolute atomic E-state index is 0.00292. The van der Waals surface area contributed by atoms with E-state index in [0.717, 1.165) is 58.2 Å². The maximum Gasteiger partial charge on any atom is 0.339 e. The smallest absolute Gasteiger partial charge is 0.339 e. The first-order valence-corrected chi connectivity index (χ1v) is 28.1. The molecule has 392 valence electrons. The van der Waals surface area contributed by atoms with Crippen LogP contribution in [0.3, 0.4) is 0 Å². The summed E-state index contributed by atoms with van der Waals surface area (Å²) in [5.74, 6) is 6.14. The molecular formula is C60H76N2O11. The normalized spacial score (nSPS) is 46.5. The number of epoxide rings is 1. The number of allylic oxidation sites excluding steroid dienone is 1. The standard InChI is InChI=1S/C60H76N2O11/c1-34(2)16-21-55(3)51-50(66)52(67)59-43-26-36(25-35-9-6-5-7-10-35)12-13-37(43)11-8-20-58(56(4,60(59)53(72-60)54(68)73-58)22-17-47(59)57(51)32-70-49(65)29-48(57)71-55)42-19-24-69-46(42)28-41(45(64)31-63)38-14-15-40-39(27-38)18-23-62-33-61-30-44(40)62/h5-7,9-10,18-19,23-24,34,36-41,43-45,47-48,51-53,61,63-64,67H,12-17,20-22,25-33H2,1-4H3. The van der Waals surface area contributed by atoms with Crippen molar-refractivity contribution >= 4 is 17.7 Å². The molecule has 6 aliphatic heterocycles. The number of furan rings is 1. The summed E-state index contributed by atoms with van der Waals surface area (Å²) in [6, 6.07) is 12.9. The number of cyclic esters (lactones) is 1. The number of fused-ring (bicyclic) bond motifs is 4. The summed E-state index contributed by atoms with van der Waals surface area (Å²) in [6.07, 6.45) is 10.7. The van der Waals surface area contributed by atoms with Crippen molar-refractivity contribution in [3.8, 4) is 11.8 Å². The lowest BCUT2D eigenvalue weighted by molar-refractivity contribution is -0.295. The van der Waals surface area contributed by atoms with Gasteiger partial charge in [-0.1, -0.05) is 69.0 Å². The van der Waals surface area contributed by atoms with Gasteiger partial charge in [0, 0.05) is 46.7 Å². The molecule has 4 saturated carbocycles. The molecule has 2 aromatic rings. The van der Waals surface area contributed by atoms with E-state index in [0.29, 0.717) is 67.2 Å². The first-order valence-electron chi connectivity index (χ1n) is 28.1. The number of hydrogen-bond acceptors (Lipinski definition) is 13. The average molecular weight is 1000 g/mol. The van der Waals surface area contributed by atoms with Crippen LogP contribution in [0.4, 0.5) is 0 Å². The quantitative estimate of drug-likeness (QED) is 0.107. The second-order valence-electron chi connectivity index (χ2n) is 25.8. The number of hydrogen-bond donors (Lipinski definition) is 4. The van der Waals surface area contributed by atoms with Crippen LogP contribution >= 0.6 is 0 Å². The fraction of sp³-hybridized carbons (Fsp3) is 0.717. The summed E-state index contributed by atoms with van der Waals surface area (Å²) < 4.78 is 34.4. The highest BCUT2D eigenvalue weighted by molar-refractivity contribution is 5.92. The van der Waals surface area contributed by atoms with Gasteiger partial charge in [0.05, 0.1) is 56.1 Å². The van der Waals surface area contributed by atoms with Gasteiger partial charge in [0.25, 0.3) is 0 Å². The molecule has 0 radical (unpaired) electrons. The number of aliphatic hydroxyl groups is 3. The third kappa shape index (κ3) is 6.58. The number of aliphatic hydroxyl groups excluding tert-OH is 3. The molecule has 1 aromatic carbocycles. The SMILES string of the molecule is CC(C)CCC1(C)OC2CC(=O)OCC23C1C(=O)C(O)C12C4CC(Cc5ccccc5)CCC4C#CCC4(c5ccoc5CC(C(O)CO)C5CCC6C(C=CN7CNCC67)C5)OC(=O)C5OC51C4(C)CCC32. The zero-order chi connectivity index (χ0) is 50.5. The van der Waals surface area contributed by atoms with Gasteiger partial charge in [0.15, 0.2) is 17.5 Å². The number of ketones is 1. The summed E-state index contributed by atoms with van der Waals surface area (Å²) in [7, 11) is 0.